The van der Waals surface area contributed by atoms with Crippen LogP contribution < -0.4 is 15.0 Å². The number of carbonyl (C=O) groups excluding carboxylic acids is 1. The topological polar surface area (TPSA) is 54.5 Å². The van der Waals surface area contributed by atoms with Gasteiger partial charge < -0.3 is 15.0 Å². The molecule has 5 nitrogen and oxygen atoms in total. The van der Waals surface area contributed by atoms with Crippen molar-refractivity contribution in [1.29, 1.82) is 0 Å². The highest BCUT2D eigenvalue weighted by Crippen LogP contribution is 2.33. The lowest BCUT2D eigenvalue weighted by Gasteiger charge is -2.31. The Morgan fingerprint density at radius 1 is 1.39 bits per heavy atom. The number of halogens is 2. The fourth-order valence-corrected chi connectivity index (χ4v) is 4.60. The van der Waals surface area contributed by atoms with Crippen molar-refractivity contribution in [3.05, 3.63) is 47.2 Å². The quantitative estimate of drug-likeness (QED) is 0.649. The van der Waals surface area contributed by atoms with Gasteiger partial charge in [0.15, 0.2) is 5.13 Å². The highest BCUT2D eigenvalue weighted by Gasteiger charge is 2.28. The number of rotatable bonds is 4. The van der Waals surface area contributed by atoms with Crippen LogP contribution in [0.15, 0.2) is 36.4 Å². The van der Waals surface area contributed by atoms with Crippen molar-refractivity contribution in [1.82, 2.24) is 4.98 Å². The van der Waals surface area contributed by atoms with Gasteiger partial charge in [-0.05, 0) is 43.2 Å². The summed E-state index contributed by atoms with van der Waals surface area (Å²) in [4.78, 5) is 19.4. The largest absolute Gasteiger partial charge is 0.495 e. The molecular weight excluding hydrogens is 401 g/mol. The Labute approximate surface area is 171 Å². The Kier molecular flexibility index (Phi) is 5.37. The molecule has 4 rings (SSSR count). The molecule has 1 aliphatic rings. The number of para-hydroxylation sites is 1. The van der Waals surface area contributed by atoms with Gasteiger partial charge in [-0.1, -0.05) is 29.0 Å². The van der Waals surface area contributed by atoms with Gasteiger partial charge in [-0.3, -0.25) is 4.79 Å². The molecule has 1 amide bonds. The van der Waals surface area contributed by atoms with Crippen molar-refractivity contribution in [2.24, 2.45) is 5.92 Å². The van der Waals surface area contributed by atoms with Gasteiger partial charge in [-0.15, -0.1) is 0 Å². The second-order valence-corrected chi connectivity index (χ2v) is 8.15. The molecule has 1 aromatic heterocycles. The summed E-state index contributed by atoms with van der Waals surface area (Å²) < 4.78 is 20.1. The number of ether oxygens (including phenoxy) is 1. The molecule has 0 aliphatic carbocycles. The lowest BCUT2D eigenvalue weighted by atomic mass is 9.97. The number of nitrogens with one attached hydrogen (secondary N) is 1. The molecule has 1 fully saturated rings. The van der Waals surface area contributed by atoms with E-state index in [1.165, 1.54) is 17.4 Å². The molecule has 28 heavy (non-hydrogen) atoms. The monoisotopic (exact) mass is 419 g/mol. The first kappa shape index (κ1) is 19.0. The Hall–Kier alpha value is -2.38. The highest BCUT2D eigenvalue weighted by atomic mass is 35.5. The summed E-state index contributed by atoms with van der Waals surface area (Å²) >= 11 is 7.49. The Balaban J connectivity index is 1.51. The zero-order valence-corrected chi connectivity index (χ0v) is 16.8. The molecule has 0 radical (unpaired) electrons. The average molecular weight is 420 g/mol. The lowest BCUT2D eigenvalue weighted by Crippen LogP contribution is -2.40. The number of anilines is 2. The predicted octanol–water partition coefficient (Wildman–Crippen LogP) is 4.95. The lowest BCUT2D eigenvalue weighted by molar-refractivity contribution is -0.120. The molecule has 1 aliphatic heterocycles. The van der Waals surface area contributed by atoms with E-state index in [4.69, 9.17) is 16.3 Å². The summed E-state index contributed by atoms with van der Waals surface area (Å²) in [6, 6.07) is 10.1. The summed E-state index contributed by atoms with van der Waals surface area (Å²) in [5, 5.41) is 4.20. The van der Waals surface area contributed by atoms with Crippen LogP contribution >= 0.6 is 22.9 Å². The van der Waals surface area contributed by atoms with Crippen LogP contribution in [0.2, 0.25) is 5.02 Å². The number of amides is 1. The Morgan fingerprint density at radius 3 is 3.04 bits per heavy atom. The van der Waals surface area contributed by atoms with E-state index >= 15 is 0 Å². The maximum Gasteiger partial charge on any atom is 0.229 e. The summed E-state index contributed by atoms with van der Waals surface area (Å²) in [6.45, 7) is 1.34. The fraction of sp³-hybridized carbons (Fsp3) is 0.300. The first-order chi connectivity index (χ1) is 13.5. The van der Waals surface area contributed by atoms with Crippen LogP contribution in [0, 0.1) is 11.7 Å². The van der Waals surface area contributed by atoms with Crippen molar-refractivity contribution in [2.45, 2.75) is 12.8 Å². The average Bonchev–Trinajstić information content (AvgIpc) is 3.14. The summed E-state index contributed by atoms with van der Waals surface area (Å²) in [6.07, 6.45) is 1.65. The van der Waals surface area contributed by atoms with Gasteiger partial charge in [0.25, 0.3) is 0 Å². The van der Waals surface area contributed by atoms with Crippen molar-refractivity contribution in [3.63, 3.8) is 0 Å². The first-order valence-electron chi connectivity index (χ1n) is 8.99. The Bertz CT molecular complexity index is 1030. The van der Waals surface area contributed by atoms with Crippen LogP contribution in [0.5, 0.6) is 5.75 Å². The van der Waals surface area contributed by atoms with Gasteiger partial charge in [0.1, 0.15) is 17.1 Å². The van der Waals surface area contributed by atoms with Crippen molar-refractivity contribution >= 4 is 49.9 Å². The third-order valence-corrected chi connectivity index (χ3v) is 6.16. The van der Waals surface area contributed by atoms with Crippen LogP contribution in [0.3, 0.4) is 0 Å². The molecule has 1 atom stereocenters. The number of hydrogen-bond donors (Lipinski definition) is 1. The molecule has 2 heterocycles. The minimum Gasteiger partial charge on any atom is -0.495 e. The van der Waals surface area contributed by atoms with Crippen molar-refractivity contribution in [2.75, 3.05) is 30.4 Å². The van der Waals surface area contributed by atoms with Crippen LogP contribution in [0.25, 0.3) is 10.2 Å². The van der Waals surface area contributed by atoms with Gasteiger partial charge in [0.05, 0.1) is 23.4 Å². The first-order valence-corrected chi connectivity index (χ1v) is 10.2. The van der Waals surface area contributed by atoms with E-state index in [0.717, 1.165) is 29.2 Å². The van der Waals surface area contributed by atoms with Gasteiger partial charge in [0.2, 0.25) is 5.91 Å². The molecule has 1 unspecified atom stereocenters. The molecular formula is C20H19ClFN3O2S. The predicted molar refractivity (Wildman–Crippen MR) is 111 cm³/mol. The van der Waals surface area contributed by atoms with Crippen molar-refractivity contribution < 1.29 is 13.9 Å². The third kappa shape index (κ3) is 3.77. The van der Waals surface area contributed by atoms with E-state index in [9.17, 15) is 9.18 Å². The minimum atomic E-state index is -0.320. The van der Waals surface area contributed by atoms with Crippen LogP contribution in [0.1, 0.15) is 12.8 Å². The van der Waals surface area contributed by atoms with E-state index in [0.29, 0.717) is 28.5 Å². The number of hydrogen-bond acceptors (Lipinski definition) is 5. The van der Waals surface area contributed by atoms with Crippen LogP contribution in [0.4, 0.5) is 15.2 Å². The van der Waals surface area contributed by atoms with E-state index in [2.05, 4.69) is 15.2 Å². The molecule has 8 heteroatoms. The van der Waals surface area contributed by atoms with E-state index in [1.54, 1.807) is 31.4 Å². The van der Waals surface area contributed by atoms with E-state index in [-0.39, 0.29) is 17.6 Å². The smallest absolute Gasteiger partial charge is 0.229 e. The van der Waals surface area contributed by atoms with Crippen LogP contribution in [-0.2, 0) is 4.79 Å². The minimum absolute atomic E-state index is 0.0856. The van der Waals surface area contributed by atoms with Gasteiger partial charge in [-0.25, -0.2) is 9.37 Å². The maximum absolute atomic E-state index is 14.0. The molecule has 146 valence electrons. The Morgan fingerprint density at radius 2 is 2.25 bits per heavy atom. The highest BCUT2D eigenvalue weighted by molar-refractivity contribution is 7.22. The number of nitrogens with zero attached hydrogens (tertiary/aromatic N) is 2. The van der Waals surface area contributed by atoms with Gasteiger partial charge in [0, 0.05) is 18.1 Å². The number of piperidine rings is 1. The zero-order chi connectivity index (χ0) is 19.7. The number of methoxy groups -OCH3 is 1. The fourth-order valence-electron chi connectivity index (χ4n) is 3.42. The van der Waals surface area contributed by atoms with Crippen molar-refractivity contribution in [3.8, 4) is 5.75 Å². The molecule has 1 N–H and O–H groups in total. The second kappa shape index (κ2) is 7.93. The van der Waals surface area contributed by atoms with Crippen LogP contribution in [-0.4, -0.2) is 31.1 Å². The standard InChI is InChI=1S/C20H19ClFN3O2S/c1-27-16-8-7-13(21)10-15(16)23-19(26)12-4-3-9-25(11-12)20-24-18-14(22)5-2-6-17(18)28-20/h2,5-8,10,12H,3-4,9,11H2,1H3,(H,23,26). The zero-order valence-electron chi connectivity index (χ0n) is 15.2. The second-order valence-electron chi connectivity index (χ2n) is 6.70. The molecule has 0 spiro atoms. The molecule has 0 saturated carbocycles. The number of fused-ring (bicyclic) bond motifs is 1. The van der Waals surface area contributed by atoms with E-state index in [1.807, 2.05) is 6.07 Å². The number of benzene rings is 2. The van der Waals surface area contributed by atoms with Gasteiger partial charge in [-0.2, -0.15) is 0 Å². The summed E-state index contributed by atoms with van der Waals surface area (Å²) in [5.74, 6) is -0.0433. The summed E-state index contributed by atoms with van der Waals surface area (Å²) in [7, 11) is 1.55. The SMILES string of the molecule is COc1ccc(Cl)cc1NC(=O)C1CCCN(c2nc3c(F)cccc3s2)C1. The summed E-state index contributed by atoms with van der Waals surface area (Å²) in [5.41, 5.74) is 0.942. The third-order valence-electron chi connectivity index (χ3n) is 4.84. The normalized spacial score (nSPS) is 17.0. The number of aromatic nitrogens is 1. The number of thiazole rings is 1. The maximum atomic E-state index is 14.0. The van der Waals surface area contributed by atoms with Gasteiger partial charge >= 0.3 is 0 Å². The number of carbonyl (C=O) groups is 1. The molecule has 2 aromatic carbocycles. The van der Waals surface area contributed by atoms with E-state index < -0.39 is 0 Å². The molecule has 3 aromatic rings. The molecule has 1 saturated heterocycles. The molecule has 0 bridgehead atoms.